The van der Waals surface area contributed by atoms with E-state index in [0.29, 0.717) is 17.0 Å². The second-order valence-electron chi connectivity index (χ2n) is 5.01. The van der Waals surface area contributed by atoms with Gasteiger partial charge < -0.3 is 10.1 Å². The molecule has 98 valence electrons. The molecular formula is C12H16BrN3O2. The van der Waals surface area contributed by atoms with Crippen molar-refractivity contribution in [3.63, 3.8) is 0 Å². The summed E-state index contributed by atoms with van der Waals surface area (Å²) in [7, 11) is 0. The highest BCUT2D eigenvalue weighted by Crippen LogP contribution is 2.30. The number of halogens is 1. The summed E-state index contributed by atoms with van der Waals surface area (Å²) in [4.78, 5) is 12.1. The molecule has 1 unspecified atom stereocenters. The van der Waals surface area contributed by atoms with E-state index in [0.717, 1.165) is 25.3 Å². The Morgan fingerprint density at radius 3 is 3.00 bits per heavy atom. The van der Waals surface area contributed by atoms with E-state index in [1.165, 1.54) is 12.8 Å². The molecule has 1 saturated heterocycles. The Morgan fingerprint density at radius 2 is 2.33 bits per heavy atom. The Hall–Kier alpha value is -0.880. The van der Waals surface area contributed by atoms with E-state index >= 15 is 0 Å². The average Bonchev–Trinajstić information content (AvgIpc) is 3.03. The van der Waals surface area contributed by atoms with Gasteiger partial charge in [-0.25, -0.2) is 4.68 Å². The maximum Gasteiger partial charge on any atom is 0.283 e. The summed E-state index contributed by atoms with van der Waals surface area (Å²) < 4.78 is 7.43. The molecule has 0 amide bonds. The molecule has 2 heterocycles. The molecule has 1 aliphatic carbocycles. The van der Waals surface area contributed by atoms with Gasteiger partial charge in [-0.3, -0.25) is 4.79 Å². The van der Waals surface area contributed by atoms with Gasteiger partial charge in [-0.1, -0.05) is 0 Å². The molecule has 1 aromatic rings. The molecule has 18 heavy (non-hydrogen) atoms. The molecule has 0 bridgehead atoms. The van der Waals surface area contributed by atoms with Crippen LogP contribution < -0.4 is 10.9 Å². The lowest BCUT2D eigenvalue weighted by Gasteiger charge is -2.14. The summed E-state index contributed by atoms with van der Waals surface area (Å²) in [5.41, 5.74) is 0.716. The Balaban J connectivity index is 1.77. The zero-order chi connectivity index (χ0) is 12.5. The lowest BCUT2D eigenvalue weighted by molar-refractivity contribution is 0.195. The SMILES string of the molecule is O=c1c(Br)c(NC2CCOC2)cnn1CC1CC1. The molecule has 5 nitrogen and oxygen atoms in total. The molecular weight excluding hydrogens is 298 g/mol. The number of nitrogens with zero attached hydrogens (tertiary/aromatic N) is 2. The van der Waals surface area contributed by atoms with Crippen molar-refractivity contribution < 1.29 is 4.74 Å². The van der Waals surface area contributed by atoms with E-state index in [4.69, 9.17) is 4.74 Å². The lowest BCUT2D eigenvalue weighted by Crippen LogP contribution is -2.27. The van der Waals surface area contributed by atoms with Crippen molar-refractivity contribution in [3.8, 4) is 0 Å². The third-order valence-electron chi connectivity index (χ3n) is 3.40. The first kappa shape index (κ1) is 12.2. The van der Waals surface area contributed by atoms with Crippen LogP contribution in [0.4, 0.5) is 5.69 Å². The van der Waals surface area contributed by atoms with E-state index in [9.17, 15) is 4.79 Å². The predicted octanol–water partition coefficient (Wildman–Crippen LogP) is 1.62. The number of rotatable bonds is 4. The first-order chi connectivity index (χ1) is 8.74. The van der Waals surface area contributed by atoms with Gasteiger partial charge in [-0.15, -0.1) is 0 Å². The standard InChI is InChI=1S/C12H16BrN3O2/c13-11-10(15-9-3-4-18-7-9)5-14-16(12(11)17)6-8-1-2-8/h5,8-9,15H,1-4,6-7H2. The van der Waals surface area contributed by atoms with Gasteiger partial charge in [0.2, 0.25) is 0 Å². The molecule has 1 saturated carbocycles. The summed E-state index contributed by atoms with van der Waals surface area (Å²) in [6.45, 7) is 2.21. The van der Waals surface area contributed by atoms with Crippen LogP contribution in [-0.2, 0) is 11.3 Å². The van der Waals surface area contributed by atoms with Crippen LogP contribution in [0.5, 0.6) is 0 Å². The second kappa shape index (κ2) is 5.01. The summed E-state index contributed by atoms with van der Waals surface area (Å²) in [6.07, 6.45) is 5.13. The van der Waals surface area contributed by atoms with Crippen LogP contribution in [0.25, 0.3) is 0 Å². The Bertz CT molecular complexity index is 493. The highest BCUT2D eigenvalue weighted by Gasteiger charge is 2.24. The van der Waals surface area contributed by atoms with Crippen LogP contribution in [0.1, 0.15) is 19.3 Å². The number of anilines is 1. The minimum atomic E-state index is -0.0502. The van der Waals surface area contributed by atoms with Gasteiger partial charge in [0.05, 0.1) is 24.5 Å². The summed E-state index contributed by atoms with van der Waals surface area (Å²) in [6, 6.07) is 0.279. The van der Waals surface area contributed by atoms with Gasteiger partial charge in [0.1, 0.15) is 4.47 Å². The van der Waals surface area contributed by atoms with Gasteiger partial charge in [0, 0.05) is 13.2 Å². The Kier molecular flexibility index (Phi) is 3.39. The van der Waals surface area contributed by atoms with Crippen LogP contribution in [0.2, 0.25) is 0 Å². The first-order valence-corrected chi connectivity index (χ1v) is 7.13. The fourth-order valence-electron chi connectivity index (χ4n) is 2.11. The van der Waals surface area contributed by atoms with E-state index in [1.807, 2.05) is 0 Å². The number of nitrogens with one attached hydrogen (secondary N) is 1. The topological polar surface area (TPSA) is 56.1 Å². The quantitative estimate of drug-likeness (QED) is 0.917. The van der Waals surface area contributed by atoms with E-state index in [2.05, 4.69) is 26.3 Å². The van der Waals surface area contributed by atoms with E-state index in [-0.39, 0.29) is 11.6 Å². The van der Waals surface area contributed by atoms with Crippen molar-refractivity contribution in [2.45, 2.75) is 31.8 Å². The number of hydrogen-bond acceptors (Lipinski definition) is 4. The number of hydrogen-bond donors (Lipinski definition) is 1. The van der Waals surface area contributed by atoms with Crippen LogP contribution >= 0.6 is 15.9 Å². The zero-order valence-corrected chi connectivity index (χ0v) is 11.6. The molecule has 1 aromatic heterocycles. The highest BCUT2D eigenvalue weighted by atomic mass is 79.9. The molecule has 6 heteroatoms. The smallest absolute Gasteiger partial charge is 0.283 e. The van der Waals surface area contributed by atoms with Crippen LogP contribution in [-0.4, -0.2) is 29.0 Å². The van der Waals surface area contributed by atoms with Gasteiger partial charge in [0.25, 0.3) is 5.56 Å². The first-order valence-electron chi connectivity index (χ1n) is 6.34. The summed E-state index contributed by atoms with van der Waals surface area (Å²) in [5, 5.41) is 7.53. The van der Waals surface area contributed by atoms with Crippen molar-refractivity contribution in [1.82, 2.24) is 9.78 Å². The fourth-order valence-corrected chi connectivity index (χ4v) is 2.53. The zero-order valence-electron chi connectivity index (χ0n) is 10.1. The molecule has 2 fully saturated rings. The largest absolute Gasteiger partial charge is 0.379 e. The fraction of sp³-hybridized carbons (Fsp3) is 0.667. The third kappa shape index (κ3) is 2.59. The minimum absolute atomic E-state index is 0.0502. The van der Waals surface area contributed by atoms with E-state index in [1.54, 1.807) is 10.9 Å². The normalized spacial score (nSPS) is 23.3. The summed E-state index contributed by atoms with van der Waals surface area (Å²) >= 11 is 3.37. The predicted molar refractivity (Wildman–Crippen MR) is 71.8 cm³/mol. The summed E-state index contributed by atoms with van der Waals surface area (Å²) in [5.74, 6) is 0.643. The molecule has 0 aromatic carbocycles. The lowest BCUT2D eigenvalue weighted by atomic mass is 10.2. The van der Waals surface area contributed by atoms with Crippen LogP contribution in [0, 0.1) is 5.92 Å². The maximum absolute atomic E-state index is 12.1. The maximum atomic E-state index is 12.1. The molecule has 1 N–H and O–H groups in total. The van der Waals surface area contributed by atoms with Crippen molar-refractivity contribution in [1.29, 1.82) is 0 Å². The second-order valence-corrected chi connectivity index (χ2v) is 5.80. The molecule has 1 atom stereocenters. The van der Waals surface area contributed by atoms with Crippen molar-refractivity contribution in [2.75, 3.05) is 18.5 Å². The minimum Gasteiger partial charge on any atom is -0.379 e. The van der Waals surface area contributed by atoms with E-state index < -0.39 is 0 Å². The van der Waals surface area contributed by atoms with Crippen LogP contribution in [0.3, 0.4) is 0 Å². The molecule has 0 spiro atoms. The van der Waals surface area contributed by atoms with Gasteiger partial charge in [-0.2, -0.15) is 5.10 Å². The van der Waals surface area contributed by atoms with Gasteiger partial charge in [-0.05, 0) is 41.1 Å². The molecule has 1 aliphatic heterocycles. The van der Waals surface area contributed by atoms with Crippen molar-refractivity contribution in [2.24, 2.45) is 5.92 Å². The highest BCUT2D eigenvalue weighted by molar-refractivity contribution is 9.10. The molecule has 2 aliphatic rings. The van der Waals surface area contributed by atoms with Crippen molar-refractivity contribution in [3.05, 3.63) is 21.0 Å². The van der Waals surface area contributed by atoms with Gasteiger partial charge in [0.15, 0.2) is 0 Å². The molecule has 3 rings (SSSR count). The van der Waals surface area contributed by atoms with Crippen molar-refractivity contribution >= 4 is 21.6 Å². The Labute approximate surface area is 114 Å². The third-order valence-corrected chi connectivity index (χ3v) is 4.17. The Morgan fingerprint density at radius 1 is 1.50 bits per heavy atom. The average molecular weight is 314 g/mol. The number of aromatic nitrogens is 2. The van der Waals surface area contributed by atoms with Crippen LogP contribution in [0.15, 0.2) is 15.5 Å². The monoisotopic (exact) mass is 313 g/mol. The van der Waals surface area contributed by atoms with Gasteiger partial charge >= 0.3 is 0 Å². The molecule has 0 radical (unpaired) electrons. The number of ether oxygens (including phenoxy) is 1.